The molecular formula is C22H25BrN2O2. The van der Waals surface area contributed by atoms with E-state index in [1.165, 1.54) is 5.69 Å². The van der Waals surface area contributed by atoms with Crippen LogP contribution >= 0.6 is 15.9 Å². The van der Waals surface area contributed by atoms with Crippen molar-refractivity contribution >= 4 is 33.2 Å². The van der Waals surface area contributed by atoms with Crippen LogP contribution in [0.15, 0.2) is 53.0 Å². The molecule has 1 N–H and O–H groups in total. The number of carbonyl (C=O) groups is 1. The van der Waals surface area contributed by atoms with Crippen LogP contribution in [0.2, 0.25) is 0 Å². The van der Waals surface area contributed by atoms with Crippen molar-refractivity contribution in [2.75, 3.05) is 36.5 Å². The first-order valence-corrected chi connectivity index (χ1v) is 10.5. The van der Waals surface area contributed by atoms with Crippen molar-refractivity contribution in [2.24, 2.45) is 0 Å². The number of morpholine rings is 1. The molecule has 142 valence electrons. The number of nitrogens with one attached hydrogen (secondary N) is 1. The number of hydrogen-bond donors (Lipinski definition) is 1. The average molecular weight is 429 g/mol. The monoisotopic (exact) mass is 428 g/mol. The van der Waals surface area contributed by atoms with Gasteiger partial charge in [-0.2, -0.15) is 0 Å². The molecule has 0 spiro atoms. The van der Waals surface area contributed by atoms with E-state index in [0.29, 0.717) is 0 Å². The number of anilines is 2. The van der Waals surface area contributed by atoms with Crippen LogP contribution in [-0.2, 0) is 14.9 Å². The first kappa shape index (κ1) is 18.5. The quantitative estimate of drug-likeness (QED) is 0.764. The summed E-state index contributed by atoms with van der Waals surface area (Å²) in [6.07, 6.45) is 4.01. The summed E-state index contributed by atoms with van der Waals surface area (Å²) < 4.78 is 6.45. The fourth-order valence-corrected chi connectivity index (χ4v) is 4.49. The van der Waals surface area contributed by atoms with Crippen molar-refractivity contribution < 1.29 is 9.53 Å². The largest absolute Gasteiger partial charge is 0.378 e. The summed E-state index contributed by atoms with van der Waals surface area (Å²) in [4.78, 5) is 15.6. The van der Waals surface area contributed by atoms with Gasteiger partial charge >= 0.3 is 0 Å². The molecule has 0 radical (unpaired) electrons. The average Bonchev–Trinajstić information content (AvgIpc) is 3.21. The van der Waals surface area contributed by atoms with Gasteiger partial charge in [0, 0.05) is 28.9 Å². The van der Waals surface area contributed by atoms with E-state index in [2.05, 4.69) is 50.4 Å². The zero-order valence-corrected chi connectivity index (χ0v) is 17.0. The number of rotatable bonds is 4. The number of hydrogen-bond acceptors (Lipinski definition) is 3. The summed E-state index contributed by atoms with van der Waals surface area (Å²) in [5.41, 5.74) is 2.75. The van der Waals surface area contributed by atoms with Gasteiger partial charge in [0.15, 0.2) is 0 Å². The third-order valence-corrected chi connectivity index (χ3v) is 6.32. The second-order valence-corrected chi connectivity index (χ2v) is 8.31. The van der Waals surface area contributed by atoms with E-state index in [1.807, 2.05) is 24.3 Å². The van der Waals surface area contributed by atoms with Gasteiger partial charge in [-0.3, -0.25) is 4.79 Å². The minimum Gasteiger partial charge on any atom is -0.378 e. The normalized spacial score (nSPS) is 19.1. The van der Waals surface area contributed by atoms with Crippen molar-refractivity contribution in [3.8, 4) is 0 Å². The summed E-state index contributed by atoms with van der Waals surface area (Å²) in [7, 11) is 0. The van der Waals surface area contributed by atoms with Gasteiger partial charge < -0.3 is 15.0 Å². The van der Waals surface area contributed by atoms with Crippen LogP contribution in [0.5, 0.6) is 0 Å². The molecule has 4 rings (SSSR count). The van der Waals surface area contributed by atoms with Gasteiger partial charge in [0.25, 0.3) is 0 Å². The fourth-order valence-electron chi connectivity index (χ4n) is 4.22. The molecule has 2 aliphatic rings. The highest BCUT2D eigenvalue weighted by Gasteiger charge is 2.42. The number of nitrogens with zero attached hydrogens (tertiary/aromatic N) is 1. The highest BCUT2D eigenvalue weighted by molar-refractivity contribution is 9.10. The van der Waals surface area contributed by atoms with Crippen molar-refractivity contribution in [3.05, 3.63) is 58.6 Å². The van der Waals surface area contributed by atoms with Crippen LogP contribution in [0.1, 0.15) is 31.2 Å². The first-order chi connectivity index (χ1) is 13.2. The lowest BCUT2D eigenvalue weighted by atomic mass is 9.78. The van der Waals surface area contributed by atoms with E-state index in [-0.39, 0.29) is 5.91 Å². The molecule has 5 heteroatoms. The Bertz CT molecular complexity index is 777. The van der Waals surface area contributed by atoms with Crippen LogP contribution in [0.4, 0.5) is 11.4 Å². The summed E-state index contributed by atoms with van der Waals surface area (Å²) >= 11 is 3.49. The van der Waals surface area contributed by atoms with Crippen LogP contribution in [-0.4, -0.2) is 32.2 Å². The molecule has 0 unspecified atom stereocenters. The van der Waals surface area contributed by atoms with Crippen molar-refractivity contribution in [1.82, 2.24) is 0 Å². The smallest absolute Gasteiger partial charge is 0.235 e. The van der Waals surface area contributed by atoms with E-state index in [4.69, 9.17) is 4.74 Å². The number of ether oxygens (including phenoxy) is 1. The lowest BCUT2D eigenvalue weighted by molar-refractivity contribution is -0.121. The SMILES string of the molecule is O=C(Nc1ccc(N2CCOCC2)cc1)C1(c2ccc(Br)cc2)CCCC1. The molecule has 0 aromatic heterocycles. The zero-order valence-electron chi connectivity index (χ0n) is 15.4. The summed E-state index contributed by atoms with van der Waals surface area (Å²) in [6, 6.07) is 16.4. The highest BCUT2D eigenvalue weighted by Crippen LogP contribution is 2.42. The topological polar surface area (TPSA) is 41.6 Å². The Labute approximate surface area is 169 Å². The van der Waals surface area contributed by atoms with Gasteiger partial charge in [0.1, 0.15) is 0 Å². The molecule has 1 saturated heterocycles. The van der Waals surface area contributed by atoms with Gasteiger partial charge in [-0.15, -0.1) is 0 Å². The summed E-state index contributed by atoms with van der Waals surface area (Å²) in [6.45, 7) is 3.37. The lowest BCUT2D eigenvalue weighted by Gasteiger charge is -2.30. The fraction of sp³-hybridized carbons (Fsp3) is 0.409. The summed E-state index contributed by atoms with van der Waals surface area (Å²) in [5, 5.41) is 3.17. The molecule has 1 heterocycles. The Morgan fingerprint density at radius 2 is 1.59 bits per heavy atom. The van der Waals surface area contributed by atoms with Crippen LogP contribution < -0.4 is 10.2 Å². The van der Waals surface area contributed by atoms with Gasteiger partial charge in [0.05, 0.1) is 18.6 Å². The molecule has 0 atom stereocenters. The van der Waals surface area contributed by atoms with E-state index in [0.717, 1.165) is 67.7 Å². The third kappa shape index (κ3) is 3.90. The Balaban J connectivity index is 1.50. The zero-order chi connectivity index (χ0) is 18.7. The van der Waals surface area contributed by atoms with Gasteiger partial charge in [0.2, 0.25) is 5.91 Å². The predicted octanol–water partition coefficient (Wildman–Crippen LogP) is 4.74. The van der Waals surface area contributed by atoms with Crippen LogP contribution in [0.3, 0.4) is 0 Å². The van der Waals surface area contributed by atoms with E-state index in [9.17, 15) is 4.79 Å². The maximum Gasteiger partial charge on any atom is 0.235 e. The van der Waals surface area contributed by atoms with E-state index in [1.54, 1.807) is 0 Å². The number of carbonyl (C=O) groups excluding carboxylic acids is 1. The number of halogens is 1. The molecule has 0 bridgehead atoms. The lowest BCUT2D eigenvalue weighted by Crippen LogP contribution is -2.38. The Hall–Kier alpha value is -1.85. The Morgan fingerprint density at radius 1 is 0.963 bits per heavy atom. The molecule has 1 amide bonds. The van der Waals surface area contributed by atoms with Gasteiger partial charge in [-0.05, 0) is 54.8 Å². The van der Waals surface area contributed by atoms with Crippen molar-refractivity contribution in [1.29, 1.82) is 0 Å². The minimum absolute atomic E-state index is 0.112. The maximum absolute atomic E-state index is 13.3. The molecule has 1 aliphatic heterocycles. The second kappa shape index (κ2) is 8.03. The Morgan fingerprint density at radius 3 is 2.22 bits per heavy atom. The second-order valence-electron chi connectivity index (χ2n) is 7.40. The molecule has 4 nitrogen and oxygen atoms in total. The molecule has 2 aromatic rings. The molecule has 2 aromatic carbocycles. The predicted molar refractivity (Wildman–Crippen MR) is 112 cm³/mol. The molecule has 27 heavy (non-hydrogen) atoms. The highest BCUT2D eigenvalue weighted by atomic mass is 79.9. The summed E-state index contributed by atoms with van der Waals surface area (Å²) in [5.74, 6) is 0.112. The molecule has 1 saturated carbocycles. The molecular weight excluding hydrogens is 404 g/mol. The van der Waals surface area contributed by atoms with Crippen molar-refractivity contribution in [2.45, 2.75) is 31.1 Å². The van der Waals surface area contributed by atoms with E-state index >= 15 is 0 Å². The molecule has 2 fully saturated rings. The molecule has 1 aliphatic carbocycles. The third-order valence-electron chi connectivity index (χ3n) is 5.79. The standard InChI is InChI=1S/C22H25BrN2O2/c23-18-5-3-17(4-6-18)22(11-1-2-12-22)21(26)24-19-7-9-20(10-8-19)25-13-15-27-16-14-25/h3-10H,1-2,11-16H2,(H,24,26). The maximum atomic E-state index is 13.3. The minimum atomic E-state index is -0.413. The van der Waals surface area contributed by atoms with Gasteiger partial charge in [-0.25, -0.2) is 0 Å². The Kier molecular flexibility index (Phi) is 5.50. The van der Waals surface area contributed by atoms with Crippen molar-refractivity contribution in [3.63, 3.8) is 0 Å². The first-order valence-electron chi connectivity index (χ1n) is 9.68. The van der Waals surface area contributed by atoms with Crippen LogP contribution in [0, 0.1) is 0 Å². The van der Waals surface area contributed by atoms with E-state index < -0.39 is 5.41 Å². The number of amides is 1. The van der Waals surface area contributed by atoms with Gasteiger partial charge in [-0.1, -0.05) is 40.9 Å². The van der Waals surface area contributed by atoms with Crippen LogP contribution in [0.25, 0.3) is 0 Å². The number of benzene rings is 2.